The molecule has 0 fully saturated rings. The maximum Gasteiger partial charge on any atom is 0.341 e. The quantitative estimate of drug-likeness (QED) is 0.283. The lowest BCUT2D eigenvalue weighted by molar-refractivity contribution is -0.111. The topological polar surface area (TPSA) is 55.4 Å². The van der Waals surface area contributed by atoms with Crippen LogP contribution in [-0.2, 0) is 9.53 Å². The van der Waals surface area contributed by atoms with Crippen molar-refractivity contribution in [2.75, 3.05) is 12.4 Å². The summed E-state index contributed by atoms with van der Waals surface area (Å²) in [6.07, 6.45) is 2.99. The molecule has 0 aliphatic rings. The second kappa shape index (κ2) is 9.79. The molecule has 1 aromatic heterocycles. The molecule has 154 valence electrons. The number of aryl methyl sites for hydroxylation is 1. The maximum atomic E-state index is 12.5. The van der Waals surface area contributed by atoms with Crippen molar-refractivity contribution >= 4 is 73.4 Å². The fourth-order valence-electron chi connectivity index (χ4n) is 2.84. The van der Waals surface area contributed by atoms with E-state index in [1.807, 2.05) is 31.2 Å². The standard InChI is InChI=1S/C22H16BrCl2NO3S/c1-12-19(14-5-7-15(23)8-6-14)20(22(28)29-2)21(30-12)26-18(27)10-4-13-3-9-16(24)17(25)11-13/h3-11H,1-2H3,(H,26,27)/b10-4+. The van der Waals surface area contributed by atoms with Crippen LogP contribution in [0, 0.1) is 6.92 Å². The maximum absolute atomic E-state index is 12.5. The molecule has 0 bridgehead atoms. The van der Waals surface area contributed by atoms with Crippen LogP contribution in [0.2, 0.25) is 10.0 Å². The average Bonchev–Trinajstić information content (AvgIpc) is 3.04. The Morgan fingerprint density at radius 3 is 2.43 bits per heavy atom. The van der Waals surface area contributed by atoms with Crippen LogP contribution in [0.5, 0.6) is 0 Å². The number of nitrogens with one attached hydrogen (secondary N) is 1. The Morgan fingerprint density at radius 1 is 1.10 bits per heavy atom. The van der Waals surface area contributed by atoms with Gasteiger partial charge in [0.15, 0.2) is 0 Å². The van der Waals surface area contributed by atoms with E-state index >= 15 is 0 Å². The van der Waals surface area contributed by atoms with Crippen LogP contribution in [0.1, 0.15) is 20.8 Å². The summed E-state index contributed by atoms with van der Waals surface area (Å²) in [5, 5.41) is 4.06. The van der Waals surface area contributed by atoms with E-state index in [0.29, 0.717) is 20.6 Å². The Morgan fingerprint density at radius 2 is 1.80 bits per heavy atom. The fraction of sp³-hybridized carbons (Fsp3) is 0.0909. The lowest BCUT2D eigenvalue weighted by Crippen LogP contribution is -2.11. The van der Waals surface area contributed by atoms with Gasteiger partial charge < -0.3 is 10.1 Å². The minimum Gasteiger partial charge on any atom is -0.465 e. The summed E-state index contributed by atoms with van der Waals surface area (Å²) in [7, 11) is 1.32. The molecular formula is C22H16BrCl2NO3S. The fourth-order valence-corrected chi connectivity index (χ4v) is 4.47. The molecule has 8 heteroatoms. The van der Waals surface area contributed by atoms with Crippen LogP contribution in [0.15, 0.2) is 53.0 Å². The molecule has 1 heterocycles. The monoisotopic (exact) mass is 523 g/mol. The number of carbonyl (C=O) groups excluding carboxylic acids is 2. The molecule has 0 spiro atoms. The number of rotatable bonds is 5. The van der Waals surface area contributed by atoms with Gasteiger partial charge in [-0.1, -0.05) is 57.3 Å². The highest BCUT2D eigenvalue weighted by atomic mass is 79.9. The summed E-state index contributed by atoms with van der Waals surface area (Å²) < 4.78 is 5.90. The van der Waals surface area contributed by atoms with Gasteiger partial charge in [-0.15, -0.1) is 11.3 Å². The first-order valence-electron chi connectivity index (χ1n) is 8.72. The Bertz CT molecular complexity index is 1140. The molecule has 3 aromatic rings. The Kier molecular flexibility index (Phi) is 7.36. The lowest BCUT2D eigenvalue weighted by Gasteiger charge is -2.07. The van der Waals surface area contributed by atoms with Gasteiger partial charge in [0, 0.05) is 21.0 Å². The third kappa shape index (κ3) is 5.13. The molecule has 2 aromatic carbocycles. The minimum absolute atomic E-state index is 0.332. The predicted octanol–water partition coefficient (Wildman–Crippen LogP) is 7.23. The molecule has 0 saturated heterocycles. The first-order valence-corrected chi connectivity index (χ1v) is 11.1. The number of esters is 1. The predicted molar refractivity (Wildman–Crippen MR) is 128 cm³/mol. The van der Waals surface area contributed by atoms with Crippen molar-refractivity contribution in [2.24, 2.45) is 0 Å². The summed E-state index contributed by atoms with van der Waals surface area (Å²) in [6.45, 7) is 1.90. The molecule has 1 amide bonds. The summed E-state index contributed by atoms with van der Waals surface area (Å²) in [5.41, 5.74) is 2.66. The summed E-state index contributed by atoms with van der Waals surface area (Å²) in [4.78, 5) is 25.9. The molecule has 0 aliphatic heterocycles. The van der Waals surface area contributed by atoms with Crippen molar-refractivity contribution < 1.29 is 14.3 Å². The third-order valence-electron chi connectivity index (χ3n) is 4.21. The highest BCUT2D eigenvalue weighted by molar-refractivity contribution is 9.10. The molecular weight excluding hydrogens is 509 g/mol. The van der Waals surface area contributed by atoms with Gasteiger partial charge in [-0.2, -0.15) is 0 Å². The number of benzene rings is 2. The number of hydrogen-bond donors (Lipinski definition) is 1. The van der Waals surface area contributed by atoms with Crippen LogP contribution >= 0.6 is 50.5 Å². The Labute approximate surface area is 196 Å². The first kappa shape index (κ1) is 22.6. The number of anilines is 1. The summed E-state index contributed by atoms with van der Waals surface area (Å²) in [6, 6.07) is 12.7. The Hall–Kier alpha value is -2.12. The normalized spacial score (nSPS) is 11.0. The number of methoxy groups -OCH3 is 1. The van der Waals surface area contributed by atoms with Crippen molar-refractivity contribution in [3.05, 3.63) is 79.1 Å². The molecule has 1 N–H and O–H groups in total. The van der Waals surface area contributed by atoms with Gasteiger partial charge >= 0.3 is 5.97 Å². The van der Waals surface area contributed by atoms with Gasteiger partial charge in [-0.3, -0.25) is 4.79 Å². The molecule has 0 atom stereocenters. The molecule has 0 saturated carbocycles. The van der Waals surface area contributed by atoms with Crippen LogP contribution in [0.25, 0.3) is 17.2 Å². The van der Waals surface area contributed by atoms with Gasteiger partial charge in [-0.05, 0) is 48.4 Å². The number of hydrogen-bond acceptors (Lipinski definition) is 4. The number of thiophene rings is 1. The van der Waals surface area contributed by atoms with E-state index < -0.39 is 5.97 Å². The van der Waals surface area contributed by atoms with Crippen molar-refractivity contribution in [1.82, 2.24) is 0 Å². The highest BCUT2D eigenvalue weighted by Gasteiger charge is 2.24. The van der Waals surface area contributed by atoms with Crippen LogP contribution < -0.4 is 5.32 Å². The molecule has 0 radical (unpaired) electrons. The van der Waals surface area contributed by atoms with Gasteiger partial charge in [-0.25, -0.2) is 4.79 Å². The lowest BCUT2D eigenvalue weighted by atomic mass is 10.0. The third-order valence-corrected chi connectivity index (χ3v) is 6.50. The van der Waals surface area contributed by atoms with Gasteiger partial charge in [0.2, 0.25) is 5.91 Å². The van der Waals surface area contributed by atoms with Gasteiger partial charge in [0.25, 0.3) is 0 Å². The molecule has 0 unspecified atom stereocenters. The second-order valence-corrected chi connectivity index (χ2v) is 9.19. The first-order chi connectivity index (χ1) is 14.3. The van der Waals surface area contributed by atoms with E-state index in [2.05, 4.69) is 21.2 Å². The van der Waals surface area contributed by atoms with Crippen LogP contribution in [0.3, 0.4) is 0 Å². The van der Waals surface area contributed by atoms with E-state index in [1.165, 1.54) is 24.5 Å². The SMILES string of the molecule is COC(=O)c1c(NC(=O)/C=C/c2ccc(Cl)c(Cl)c2)sc(C)c1-c1ccc(Br)cc1. The minimum atomic E-state index is -0.513. The number of amides is 1. The van der Waals surface area contributed by atoms with Crippen molar-refractivity contribution in [3.63, 3.8) is 0 Å². The number of carbonyl (C=O) groups is 2. The van der Waals surface area contributed by atoms with Crippen molar-refractivity contribution in [1.29, 1.82) is 0 Å². The van der Waals surface area contributed by atoms with E-state index in [1.54, 1.807) is 24.3 Å². The zero-order valence-corrected chi connectivity index (χ0v) is 19.9. The van der Waals surface area contributed by atoms with E-state index in [0.717, 1.165) is 26.0 Å². The summed E-state index contributed by atoms with van der Waals surface area (Å²) in [5.74, 6) is -0.893. The zero-order chi connectivity index (χ0) is 21.8. The van der Waals surface area contributed by atoms with E-state index in [9.17, 15) is 9.59 Å². The molecule has 0 aliphatic carbocycles. The zero-order valence-electron chi connectivity index (χ0n) is 16.0. The van der Waals surface area contributed by atoms with E-state index in [-0.39, 0.29) is 5.91 Å². The average molecular weight is 525 g/mol. The van der Waals surface area contributed by atoms with Crippen molar-refractivity contribution in [2.45, 2.75) is 6.92 Å². The number of ether oxygens (including phenoxy) is 1. The van der Waals surface area contributed by atoms with Gasteiger partial charge in [0.05, 0.1) is 17.2 Å². The second-order valence-electron chi connectivity index (χ2n) is 6.23. The van der Waals surface area contributed by atoms with Gasteiger partial charge in [0.1, 0.15) is 10.6 Å². The molecule has 30 heavy (non-hydrogen) atoms. The van der Waals surface area contributed by atoms with Crippen LogP contribution in [0.4, 0.5) is 5.00 Å². The molecule has 4 nitrogen and oxygen atoms in total. The van der Waals surface area contributed by atoms with E-state index in [4.69, 9.17) is 27.9 Å². The highest BCUT2D eigenvalue weighted by Crippen LogP contribution is 2.40. The number of halogens is 3. The summed E-state index contributed by atoms with van der Waals surface area (Å²) >= 11 is 16.6. The Balaban J connectivity index is 1.91. The smallest absolute Gasteiger partial charge is 0.341 e. The van der Waals surface area contributed by atoms with Crippen molar-refractivity contribution in [3.8, 4) is 11.1 Å². The largest absolute Gasteiger partial charge is 0.465 e. The van der Waals surface area contributed by atoms with Crippen LogP contribution in [-0.4, -0.2) is 19.0 Å². The molecule has 3 rings (SSSR count).